The first-order valence-corrected chi connectivity index (χ1v) is 5.91. The molecule has 88 valence electrons. The van der Waals surface area contributed by atoms with E-state index < -0.39 is 11.9 Å². The number of rotatable bonds is 6. The smallest absolute Gasteiger partial charge is 0.237 e. The summed E-state index contributed by atoms with van der Waals surface area (Å²) in [4.78, 5) is 11.1. The van der Waals surface area contributed by atoms with Gasteiger partial charge in [0.05, 0.1) is 0 Å². The highest BCUT2D eigenvalue weighted by molar-refractivity contribution is 14.1. The van der Waals surface area contributed by atoms with Crippen molar-refractivity contribution < 1.29 is 9.53 Å². The summed E-state index contributed by atoms with van der Waals surface area (Å²) in [6, 6.07) is -0.572. The van der Waals surface area contributed by atoms with E-state index in [1.165, 1.54) is 0 Å². The molecule has 15 heavy (non-hydrogen) atoms. The Labute approximate surface area is 108 Å². The van der Waals surface area contributed by atoms with E-state index in [1.807, 2.05) is 10.0 Å². The third-order valence-corrected chi connectivity index (χ3v) is 3.90. The fraction of sp³-hybridized carbons (Fsp3) is 0.857. The number of ether oxygens (including phenoxy) is 1. The number of nitrogens with one attached hydrogen (secondary N) is 1. The summed E-state index contributed by atoms with van der Waals surface area (Å²) in [5.41, 5.74) is 10.7. The van der Waals surface area contributed by atoms with E-state index in [2.05, 4.69) is 40.4 Å². The molecule has 0 radical (unpaired) electrons. The Morgan fingerprint density at radius 1 is 1.80 bits per heavy atom. The third-order valence-electron chi connectivity index (χ3n) is 2.35. The molecule has 0 aromatic rings. The largest absolute Gasteiger partial charge is 0.368 e. The average molecular weight is 346 g/mol. The minimum absolute atomic E-state index is 0.0535. The maximum Gasteiger partial charge on any atom is 0.237 e. The fourth-order valence-corrected chi connectivity index (χ4v) is 2.27. The van der Waals surface area contributed by atoms with Gasteiger partial charge in [-0.25, -0.2) is 3.11 Å². The molecule has 0 spiro atoms. The van der Waals surface area contributed by atoms with E-state index in [1.54, 1.807) is 0 Å². The van der Waals surface area contributed by atoms with Gasteiger partial charge in [0.1, 0.15) is 18.4 Å². The van der Waals surface area contributed by atoms with Crippen molar-refractivity contribution in [3.05, 3.63) is 0 Å². The second kappa shape index (κ2) is 5.64. The molecule has 0 aromatic heterocycles. The molecular weight excluding hydrogens is 331 g/mol. The Morgan fingerprint density at radius 3 is 2.67 bits per heavy atom. The summed E-state index contributed by atoms with van der Waals surface area (Å²) < 4.78 is 9.61. The molecule has 0 bridgehead atoms. The lowest BCUT2D eigenvalue weighted by atomic mass is 10.1. The molecule has 0 saturated carbocycles. The van der Waals surface area contributed by atoms with Crippen molar-refractivity contribution in [3.63, 3.8) is 0 Å². The lowest BCUT2D eigenvalue weighted by molar-refractivity contribution is -0.120. The standard InChI is InChI=1S/C7H15IN4O2S/c1-3(5(11-15)6(9)13)12(8)2-4-7(10)14-4/h3-5,7,11,15H,2,10H2,1H3,(H2,9,13). The van der Waals surface area contributed by atoms with Crippen LogP contribution in [0.5, 0.6) is 0 Å². The summed E-state index contributed by atoms with van der Waals surface area (Å²) in [6.45, 7) is 2.56. The lowest BCUT2D eigenvalue weighted by Crippen LogP contribution is -2.50. The number of amides is 1. The van der Waals surface area contributed by atoms with Crippen LogP contribution in [0.2, 0.25) is 0 Å². The van der Waals surface area contributed by atoms with Crippen LogP contribution in [-0.2, 0) is 9.53 Å². The number of carbonyl (C=O) groups excluding carboxylic acids is 1. The Hall–Kier alpha value is 0.390. The topological polar surface area (TPSA) is 96.9 Å². The molecule has 1 heterocycles. The van der Waals surface area contributed by atoms with Gasteiger partial charge in [0.2, 0.25) is 5.91 Å². The van der Waals surface area contributed by atoms with Gasteiger partial charge in [0, 0.05) is 35.5 Å². The SMILES string of the molecule is CC(C(NS)C(N)=O)N(I)CC1OC1N. The van der Waals surface area contributed by atoms with Crippen LogP contribution in [0.1, 0.15) is 6.92 Å². The Bertz CT molecular complexity index is 245. The minimum atomic E-state index is -0.500. The Balaban J connectivity index is 2.42. The Kier molecular flexibility index (Phi) is 5.06. The number of epoxide rings is 1. The summed E-state index contributed by atoms with van der Waals surface area (Å²) in [6.07, 6.45) is -0.122. The normalized spacial score (nSPS) is 28.9. The van der Waals surface area contributed by atoms with Gasteiger partial charge in [0.15, 0.2) is 0 Å². The number of carbonyl (C=O) groups is 1. The number of nitrogens with two attached hydrogens (primary N) is 2. The van der Waals surface area contributed by atoms with Crippen LogP contribution < -0.4 is 16.2 Å². The molecule has 0 aromatic carbocycles. The minimum Gasteiger partial charge on any atom is -0.368 e. The van der Waals surface area contributed by atoms with Crippen molar-refractivity contribution in [1.82, 2.24) is 7.84 Å². The molecule has 1 aliphatic rings. The maximum atomic E-state index is 11.1. The van der Waals surface area contributed by atoms with Crippen LogP contribution in [0.15, 0.2) is 0 Å². The quantitative estimate of drug-likeness (QED) is 0.214. The number of hydrogen-bond acceptors (Lipinski definition) is 6. The van der Waals surface area contributed by atoms with Crippen molar-refractivity contribution in [2.24, 2.45) is 11.5 Å². The van der Waals surface area contributed by atoms with Crippen LogP contribution in [0.25, 0.3) is 0 Å². The summed E-state index contributed by atoms with van der Waals surface area (Å²) in [5, 5.41) is 0. The van der Waals surface area contributed by atoms with Gasteiger partial charge in [-0.05, 0) is 6.92 Å². The van der Waals surface area contributed by atoms with E-state index >= 15 is 0 Å². The first-order chi connectivity index (χ1) is 6.97. The molecule has 1 rings (SSSR count). The van der Waals surface area contributed by atoms with Crippen molar-refractivity contribution in [1.29, 1.82) is 0 Å². The van der Waals surface area contributed by atoms with Gasteiger partial charge in [-0.1, -0.05) is 12.8 Å². The molecule has 6 nitrogen and oxygen atoms in total. The predicted octanol–water partition coefficient (Wildman–Crippen LogP) is -1.00. The highest BCUT2D eigenvalue weighted by Crippen LogP contribution is 2.21. The van der Waals surface area contributed by atoms with E-state index in [4.69, 9.17) is 16.2 Å². The zero-order valence-electron chi connectivity index (χ0n) is 8.26. The first kappa shape index (κ1) is 13.5. The van der Waals surface area contributed by atoms with Crippen molar-refractivity contribution in [2.45, 2.75) is 31.3 Å². The van der Waals surface area contributed by atoms with Crippen molar-refractivity contribution in [2.75, 3.05) is 6.54 Å². The van der Waals surface area contributed by atoms with Crippen molar-refractivity contribution in [3.8, 4) is 0 Å². The maximum absolute atomic E-state index is 11.1. The van der Waals surface area contributed by atoms with Crippen molar-refractivity contribution >= 4 is 41.6 Å². The summed E-state index contributed by atoms with van der Waals surface area (Å²) in [5.74, 6) is -0.430. The molecule has 4 unspecified atom stereocenters. The number of primary amides is 1. The third kappa shape index (κ3) is 3.71. The van der Waals surface area contributed by atoms with Gasteiger partial charge in [0.25, 0.3) is 0 Å². The molecule has 5 N–H and O–H groups in total. The molecular formula is C7H15IN4O2S. The monoisotopic (exact) mass is 346 g/mol. The zero-order valence-corrected chi connectivity index (χ0v) is 11.3. The lowest BCUT2D eigenvalue weighted by Gasteiger charge is -2.27. The average Bonchev–Trinajstić information content (AvgIpc) is 2.81. The molecule has 1 saturated heterocycles. The predicted molar refractivity (Wildman–Crippen MR) is 68.1 cm³/mol. The summed E-state index contributed by atoms with van der Waals surface area (Å²) in [7, 11) is 0. The molecule has 1 fully saturated rings. The summed E-state index contributed by atoms with van der Waals surface area (Å²) >= 11 is 6.00. The van der Waals surface area contributed by atoms with Crippen LogP contribution >= 0.6 is 35.7 Å². The van der Waals surface area contributed by atoms with Gasteiger partial charge in [-0.3, -0.25) is 9.52 Å². The molecule has 8 heteroatoms. The van der Waals surface area contributed by atoms with Crippen LogP contribution in [0, 0.1) is 0 Å². The molecule has 1 amide bonds. The van der Waals surface area contributed by atoms with Gasteiger partial charge in [-0.2, -0.15) is 0 Å². The van der Waals surface area contributed by atoms with Crippen LogP contribution in [0.3, 0.4) is 0 Å². The number of halogens is 1. The number of thiol groups is 1. The van der Waals surface area contributed by atoms with E-state index in [-0.39, 0.29) is 18.4 Å². The molecule has 1 aliphatic heterocycles. The van der Waals surface area contributed by atoms with Gasteiger partial charge >= 0.3 is 0 Å². The van der Waals surface area contributed by atoms with Crippen LogP contribution in [0.4, 0.5) is 0 Å². The molecule has 4 atom stereocenters. The second-order valence-corrected chi connectivity index (χ2v) is 4.97. The number of hydrogen-bond donors (Lipinski definition) is 4. The van der Waals surface area contributed by atoms with E-state index in [0.29, 0.717) is 6.54 Å². The van der Waals surface area contributed by atoms with E-state index in [0.717, 1.165) is 0 Å². The fourth-order valence-electron chi connectivity index (χ4n) is 1.21. The van der Waals surface area contributed by atoms with Gasteiger partial charge < -0.3 is 16.2 Å². The van der Waals surface area contributed by atoms with Crippen LogP contribution in [-0.4, -0.2) is 40.0 Å². The highest BCUT2D eigenvalue weighted by atomic mass is 127. The molecule has 0 aliphatic carbocycles. The van der Waals surface area contributed by atoms with Gasteiger partial charge in [-0.15, -0.1) is 0 Å². The number of nitrogens with zero attached hydrogens (tertiary/aromatic N) is 1. The Morgan fingerprint density at radius 2 is 2.33 bits per heavy atom. The second-order valence-electron chi connectivity index (χ2n) is 3.47. The first-order valence-electron chi connectivity index (χ1n) is 4.49. The van der Waals surface area contributed by atoms with E-state index in [9.17, 15) is 4.79 Å². The highest BCUT2D eigenvalue weighted by Gasteiger charge is 2.38. The zero-order chi connectivity index (χ0) is 11.6.